The molecule has 13 heteroatoms. The Kier molecular flexibility index (Phi) is 13.9. The number of aliphatic hydroxyl groups excluding tert-OH is 4. The standard InChI is InChI=1S/C28H44O7P2.C5H12O4/c1-25(2,3)19-15-13-16-20(26(4,5)6)23(19)33-37(32,35-36(29,30)31)34-24-21(27(7,8)9)17-14-18-22(24)28(10,11)12;6-1-5(2-7,3-8)4-9/h13-18H,1-12H3,(H2,29,30,31);6-9H,1-4H2. The van der Waals surface area contributed by atoms with Crippen molar-refractivity contribution in [2.24, 2.45) is 5.41 Å². The van der Waals surface area contributed by atoms with E-state index < -0.39 is 69.1 Å². The minimum Gasteiger partial charge on any atom is -0.396 e. The second-order valence-corrected chi connectivity index (χ2v) is 18.6. The highest BCUT2D eigenvalue weighted by molar-refractivity contribution is 7.61. The molecule has 46 heavy (non-hydrogen) atoms. The largest absolute Gasteiger partial charge is 0.596 e. The molecule has 0 unspecified atom stereocenters. The molecule has 0 atom stereocenters. The van der Waals surface area contributed by atoms with Gasteiger partial charge in [-0.15, -0.1) is 0 Å². The molecule has 0 heterocycles. The molecule has 0 aromatic heterocycles. The second-order valence-electron chi connectivity index (χ2n) is 15.7. The molecule has 0 saturated heterocycles. The van der Waals surface area contributed by atoms with Crippen LogP contribution in [0.15, 0.2) is 36.4 Å². The fraction of sp³-hybridized carbons (Fsp3) is 0.636. The summed E-state index contributed by atoms with van der Waals surface area (Å²) in [7, 11) is -10.2. The van der Waals surface area contributed by atoms with Gasteiger partial charge in [0, 0.05) is 22.3 Å². The van der Waals surface area contributed by atoms with Gasteiger partial charge < -0.3 is 39.3 Å². The van der Waals surface area contributed by atoms with Crippen LogP contribution in [0.3, 0.4) is 0 Å². The van der Waals surface area contributed by atoms with E-state index in [0.717, 1.165) is 0 Å². The Balaban J connectivity index is 0.00000102. The fourth-order valence-corrected chi connectivity index (χ4v) is 6.53. The van der Waals surface area contributed by atoms with Gasteiger partial charge in [0.15, 0.2) is 0 Å². The summed E-state index contributed by atoms with van der Waals surface area (Å²) in [4.78, 5) is 19.6. The van der Waals surface area contributed by atoms with Crippen LogP contribution in [-0.4, -0.2) is 56.6 Å². The van der Waals surface area contributed by atoms with Crippen LogP contribution in [0.2, 0.25) is 0 Å². The molecular formula is C33H56O11P2. The lowest BCUT2D eigenvalue weighted by Gasteiger charge is -2.33. The third kappa shape index (κ3) is 11.7. The van der Waals surface area contributed by atoms with Crippen LogP contribution in [0.4, 0.5) is 0 Å². The Morgan fingerprint density at radius 2 is 0.761 bits per heavy atom. The van der Waals surface area contributed by atoms with E-state index in [-0.39, 0.29) is 11.5 Å². The highest BCUT2D eigenvalue weighted by Gasteiger charge is 2.44. The van der Waals surface area contributed by atoms with Crippen molar-refractivity contribution >= 4 is 15.6 Å². The van der Waals surface area contributed by atoms with Gasteiger partial charge in [0.1, 0.15) is 11.5 Å². The molecule has 6 N–H and O–H groups in total. The summed E-state index contributed by atoms with van der Waals surface area (Å²) in [6.45, 7) is 22.1. The van der Waals surface area contributed by atoms with Crippen molar-refractivity contribution in [2.75, 3.05) is 26.4 Å². The summed E-state index contributed by atoms with van der Waals surface area (Å²) < 4.78 is 43.4. The topological polar surface area (TPSA) is 183 Å². The minimum atomic E-state index is -5.30. The molecular weight excluding hydrogens is 634 g/mol. The van der Waals surface area contributed by atoms with E-state index in [1.165, 1.54) is 0 Å². The third-order valence-electron chi connectivity index (χ3n) is 7.22. The first kappa shape index (κ1) is 42.2. The first-order chi connectivity index (χ1) is 20.6. The van der Waals surface area contributed by atoms with Crippen molar-refractivity contribution in [3.05, 3.63) is 58.7 Å². The Bertz CT molecular complexity index is 1220. The van der Waals surface area contributed by atoms with E-state index in [1.54, 1.807) is 0 Å². The summed E-state index contributed by atoms with van der Waals surface area (Å²) in [5.41, 5.74) is -0.0485. The summed E-state index contributed by atoms with van der Waals surface area (Å²) in [6.07, 6.45) is 0. The Hall–Kier alpha value is -1.78. The maximum Gasteiger partial charge on any atom is 0.596 e. The van der Waals surface area contributed by atoms with Crippen LogP contribution in [0.5, 0.6) is 11.5 Å². The van der Waals surface area contributed by atoms with Gasteiger partial charge in [-0.3, -0.25) is 0 Å². The summed E-state index contributed by atoms with van der Waals surface area (Å²) in [5.74, 6) is 0.453. The average Bonchev–Trinajstić information content (AvgIpc) is 2.87. The monoisotopic (exact) mass is 690 g/mol. The molecule has 0 radical (unpaired) electrons. The van der Waals surface area contributed by atoms with Crippen molar-refractivity contribution in [1.29, 1.82) is 0 Å². The van der Waals surface area contributed by atoms with E-state index >= 15 is 0 Å². The number of benzene rings is 2. The van der Waals surface area contributed by atoms with E-state index in [2.05, 4.69) is 0 Å². The molecule has 0 aliphatic rings. The van der Waals surface area contributed by atoms with Gasteiger partial charge >= 0.3 is 15.6 Å². The van der Waals surface area contributed by atoms with Gasteiger partial charge in [-0.05, 0) is 21.7 Å². The lowest BCUT2D eigenvalue weighted by atomic mass is 9.79. The van der Waals surface area contributed by atoms with E-state index in [9.17, 15) is 18.9 Å². The number of para-hydroxylation sites is 2. The predicted molar refractivity (Wildman–Crippen MR) is 180 cm³/mol. The van der Waals surface area contributed by atoms with Crippen LogP contribution in [0.25, 0.3) is 0 Å². The normalized spacial score (nSPS) is 13.6. The molecule has 2 aromatic rings. The van der Waals surface area contributed by atoms with Crippen molar-refractivity contribution in [1.82, 2.24) is 0 Å². The molecule has 264 valence electrons. The highest BCUT2D eigenvalue weighted by Crippen LogP contribution is 2.63. The second kappa shape index (κ2) is 15.2. The molecule has 2 rings (SSSR count). The van der Waals surface area contributed by atoms with Crippen LogP contribution in [-0.2, 0) is 35.1 Å². The van der Waals surface area contributed by atoms with Gasteiger partial charge in [-0.25, -0.2) is 9.13 Å². The van der Waals surface area contributed by atoms with Crippen molar-refractivity contribution in [3.8, 4) is 11.5 Å². The molecule has 0 fully saturated rings. The predicted octanol–water partition coefficient (Wildman–Crippen LogP) is 6.49. The van der Waals surface area contributed by atoms with Crippen LogP contribution < -0.4 is 9.05 Å². The van der Waals surface area contributed by atoms with Crippen LogP contribution in [0, 0.1) is 5.41 Å². The number of hydrogen-bond acceptors (Lipinski definition) is 9. The van der Waals surface area contributed by atoms with E-state index in [1.807, 2.05) is 119 Å². The van der Waals surface area contributed by atoms with Gasteiger partial charge in [0.2, 0.25) is 0 Å². The number of phosphoric ester groups is 1. The Labute approximate surface area is 274 Å². The minimum absolute atomic E-state index is 0.227. The smallest absolute Gasteiger partial charge is 0.396 e. The molecule has 0 spiro atoms. The van der Waals surface area contributed by atoms with Crippen molar-refractivity contribution in [3.63, 3.8) is 0 Å². The molecule has 2 aromatic carbocycles. The lowest BCUT2D eigenvalue weighted by Crippen LogP contribution is -2.37. The number of hydrogen-bond donors (Lipinski definition) is 6. The van der Waals surface area contributed by atoms with Crippen molar-refractivity contribution < 1.29 is 52.7 Å². The maximum absolute atomic E-state index is 14.3. The van der Waals surface area contributed by atoms with Gasteiger partial charge in [0.05, 0.1) is 31.8 Å². The van der Waals surface area contributed by atoms with Gasteiger partial charge in [-0.1, -0.05) is 119 Å². The molecule has 0 bridgehead atoms. The average molecular weight is 691 g/mol. The zero-order valence-corrected chi connectivity index (χ0v) is 31.2. The molecule has 0 aliphatic heterocycles. The first-order valence-electron chi connectivity index (χ1n) is 15.1. The zero-order valence-electron chi connectivity index (χ0n) is 29.4. The number of rotatable bonds is 10. The third-order valence-corrected chi connectivity index (χ3v) is 9.68. The highest BCUT2D eigenvalue weighted by atomic mass is 31.3. The summed E-state index contributed by atoms with van der Waals surface area (Å²) in [5, 5.41) is 34.0. The van der Waals surface area contributed by atoms with Crippen molar-refractivity contribution in [2.45, 2.75) is 105 Å². The number of aliphatic hydroxyl groups is 4. The maximum atomic E-state index is 14.3. The molecule has 0 aliphatic carbocycles. The van der Waals surface area contributed by atoms with Gasteiger partial charge in [0.25, 0.3) is 0 Å². The summed E-state index contributed by atoms with van der Waals surface area (Å²) in [6, 6.07) is 11.1. The van der Waals surface area contributed by atoms with Gasteiger partial charge in [-0.2, -0.15) is 4.31 Å². The van der Waals surface area contributed by atoms with E-state index in [0.29, 0.717) is 22.3 Å². The van der Waals surface area contributed by atoms with Crippen LogP contribution >= 0.6 is 15.6 Å². The Morgan fingerprint density at radius 3 is 0.913 bits per heavy atom. The quantitative estimate of drug-likeness (QED) is 0.150. The van der Waals surface area contributed by atoms with Crippen LogP contribution in [0.1, 0.15) is 105 Å². The SMILES string of the molecule is CC(C)(C)c1cccc(C(C)(C)C)c1OP(=O)(Oc1c(C(C)(C)C)cccc1C(C)(C)C)OP(=O)(O)O.OCC(CO)(CO)CO. The van der Waals surface area contributed by atoms with E-state index in [4.69, 9.17) is 33.8 Å². The number of phosphoric acid groups is 2. The molecule has 11 nitrogen and oxygen atoms in total. The zero-order chi connectivity index (χ0) is 36.2. The first-order valence-corrected chi connectivity index (χ1v) is 18.1. The lowest BCUT2D eigenvalue weighted by molar-refractivity contribution is -0.0328. The Morgan fingerprint density at radius 1 is 0.522 bits per heavy atom. The summed E-state index contributed by atoms with van der Waals surface area (Å²) >= 11 is 0. The fourth-order valence-electron chi connectivity index (χ4n) is 4.34. The molecule has 0 amide bonds. The molecule has 0 saturated carbocycles.